The van der Waals surface area contributed by atoms with Crippen molar-refractivity contribution in [2.45, 2.75) is 24.3 Å². The molecule has 0 N–H and O–H groups in total. The monoisotopic (exact) mass is 444 g/mol. The Morgan fingerprint density at radius 1 is 1.10 bits per heavy atom. The van der Waals surface area contributed by atoms with Gasteiger partial charge in [0.1, 0.15) is 0 Å². The molecule has 0 saturated heterocycles. The first-order valence-electron chi connectivity index (χ1n) is 9.70. The molecule has 158 valence electrons. The number of benzene rings is 2. The molecule has 1 aliphatic carbocycles. The minimum Gasteiger partial charge on any atom is -0.493 e. The average molecular weight is 445 g/mol. The Morgan fingerprint density at radius 3 is 2.43 bits per heavy atom. The highest BCUT2D eigenvalue weighted by Gasteiger charge is 2.23. The van der Waals surface area contributed by atoms with Gasteiger partial charge in [-0.15, -0.1) is 11.3 Å². The molecule has 0 bridgehead atoms. The van der Waals surface area contributed by atoms with Gasteiger partial charge >= 0.3 is 0 Å². The zero-order chi connectivity index (χ0) is 21.1. The summed E-state index contributed by atoms with van der Waals surface area (Å²) in [6, 6.07) is 12.8. The van der Waals surface area contributed by atoms with Crippen LogP contribution in [-0.4, -0.2) is 33.4 Å². The van der Waals surface area contributed by atoms with Gasteiger partial charge in [-0.25, -0.2) is 8.42 Å². The SMILES string of the molecule is COc1ccc(N(Cc2cncs2)c2ccc(S(C)(=O)=O)cc2)cc1OCC1CC1. The smallest absolute Gasteiger partial charge is 0.175 e. The average Bonchev–Trinajstić information content (AvgIpc) is 3.43. The summed E-state index contributed by atoms with van der Waals surface area (Å²) < 4.78 is 35.2. The summed E-state index contributed by atoms with van der Waals surface area (Å²) in [6.07, 6.45) is 5.49. The highest BCUT2D eigenvalue weighted by molar-refractivity contribution is 7.90. The molecule has 6 nitrogen and oxygen atoms in total. The number of hydrogen-bond donors (Lipinski definition) is 0. The highest BCUT2D eigenvalue weighted by atomic mass is 32.2. The number of anilines is 2. The van der Waals surface area contributed by atoms with Crippen LogP contribution in [0.5, 0.6) is 11.5 Å². The fraction of sp³-hybridized carbons (Fsp3) is 0.318. The Balaban J connectivity index is 1.69. The Morgan fingerprint density at radius 2 is 1.83 bits per heavy atom. The van der Waals surface area contributed by atoms with E-state index in [1.54, 1.807) is 36.1 Å². The van der Waals surface area contributed by atoms with Gasteiger partial charge in [-0.05, 0) is 55.2 Å². The van der Waals surface area contributed by atoms with Crippen molar-refractivity contribution in [1.29, 1.82) is 0 Å². The molecule has 4 rings (SSSR count). The Kier molecular flexibility index (Phi) is 5.97. The summed E-state index contributed by atoms with van der Waals surface area (Å²) >= 11 is 1.58. The van der Waals surface area contributed by atoms with Gasteiger partial charge in [0.05, 0.1) is 30.7 Å². The lowest BCUT2D eigenvalue weighted by molar-refractivity contribution is 0.280. The van der Waals surface area contributed by atoms with Gasteiger partial charge in [0.2, 0.25) is 0 Å². The van der Waals surface area contributed by atoms with E-state index in [1.807, 2.05) is 36.5 Å². The van der Waals surface area contributed by atoms with E-state index in [9.17, 15) is 8.42 Å². The van der Waals surface area contributed by atoms with Crippen LogP contribution < -0.4 is 14.4 Å². The molecule has 0 radical (unpaired) electrons. The molecule has 0 spiro atoms. The largest absolute Gasteiger partial charge is 0.493 e. The molecular formula is C22H24N2O4S2. The van der Waals surface area contributed by atoms with E-state index < -0.39 is 9.84 Å². The minimum absolute atomic E-state index is 0.298. The fourth-order valence-electron chi connectivity index (χ4n) is 3.12. The van der Waals surface area contributed by atoms with Crippen molar-refractivity contribution in [3.63, 3.8) is 0 Å². The molecular weight excluding hydrogens is 420 g/mol. The number of ether oxygens (including phenoxy) is 2. The van der Waals surface area contributed by atoms with Gasteiger partial charge in [-0.3, -0.25) is 4.98 Å². The summed E-state index contributed by atoms with van der Waals surface area (Å²) in [5.74, 6) is 2.05. The third-order valence-corrected chi connectivity index (χ3v) is 6.90. The van der Waals surface area contributed by atoms with Crippen LogP contribution in [0.1, 0.15) is 17.7 Å². The van der Waals surface area contributed by atoms with Crippen LogP contribution in [0.3, 0.4) is 0 Å². The number of sulfone groups is 1. The van der Waals surface area contributed by atoms with E-state index >= 15 is 0 Å². The maximum Gasteiger partial charge on any atom is 0.175 e. The van der Waals surface area contributed by atoms with E-state index in [2.05, 4.69) is 9.88 Å². The van der Waals surface area contributed by atoms with Crippen molar-refractivity contribution in [2.24, 2.45) is 5.92 Å². The number of thiazole rings is 1. The third kappa shape index (κ3) is 4.94. The van der Waals surface area contributed by atoms with Crippen molar-refractivity contribution in [3.05, 3.63) is 59.0 Å². The Hall–Kier alpha value is -2.58. The zero-order valence-electron chi connectivity index (χ0n) is 16.9. The number of hydrogen-bond acceptors (Lipinski definition) is 7. The minimum atomic E-state index is -3.25. The van der Waals surface area contributed by atoms with Gasteiger partial charge in [0.15, 0.2) is 21.3 Å². The molecule has 0 amide bonds. The lowest BCUT2D eigenvalue weighted by Crippen LogP contribution is -2.16. The molecule has 1 heterocycles. The van der Waals surface area contributed by atoms with Crippen molar-refractivity contribution in [1.82, 2.24) is 4.98 Å². The maximum absolute atomic E-state index is 11.8. The predicted octanol–water partition coefficient (Wildman–Crippen LogP) is 4.68. The molecule has 2 aromatic carbocycles. The summed E-state index contributed by atoms with van der Waals surface area (Å²) in [5.41, 5.74) is 3.62. The van der Waals surface area contributed by atoms with Crippen LogP contribution in [0.25, 0.3) is 0 Å². The van der Waals surface area contributed by atoms with Gasteiger partial charge in [-0.2, -0.15) is 0 Å². The molecule has 1 aliphatic rings. The number of nitrogens with zero attached hydrogens (tertiary/aromatic N) is 2. The quantitative estimate of drug-likeness (QED) is 0.477. The van der Waals surface area contributed by atoms with Gasteiger partial charge in [-0.1, -0.05) is 0 Å². The standard InChI is InChI=1S/C22H24N2O4S2/c1-27-21-10-7-18(11-22(21)28-14-16-3-4-16)24(13-19-12-23-15-29-19)17-5-8-20(9-6-17)30(2,25)26/h5-12,15-16H,3-4,13-14H2,1-2H3. The van der Waals surface area contributed by atoms with Crippen molar-refractivity contribution in [2.75, 3.05) is 24.9 Å². The van der Waals surface area contributed by atoms with Crippen LogP contribution in [0.2, 0.25) is 0 Å². The van der Waals surface area contributed by atoms with E-state index in [-0.39, 0.29) is 0 Å². The summed E-state index contributed by atoms with van der Waals surface area (Å²) in [5, 5.41) is 0. The lowest BCUT2D eigenvalue weighted by atomic mass is 10.2. The van der Waals surface area contributed by atoms with E-state index in [1.165, 1.54) is 19.1 Å². The van der Waals surface area contributed by atoms with Crippen LogP contribution in [-0.2, 0) is 16.4 Å². The molecule has 1 aromatic heterocycles. The fourth-order valence-corrected chi connectivity index (χ4v) is 4.33. The van der Waals surface area contributed by atoms with E-state index in [4.69, 9.17) is 9.47 Å². The molecule has 0 aliphatic heterocycles. The second kappa shape index (κ2) is 8.65. The topological polar surface area (TPSA) is 68.7 Å². The molecule has 30 heavy (non-hydrogen) atoms. The zero-order valence-corrected chi connectivity index (χ0v) is 18.6. The Labute approximate surface area is 181 Å². The van der Waals surface area contributed by atoms with Crippen molar-refractivity contribution < 1.29 is 17.9 Å². The Bertz CT molecular complexity index is 1090. The first kappa shape index (κ1) is 20.7. The molecule has 0 atom stereocenters. The number of methoxy groups -OCH3 is 1. The van der Waals surface area contributed by atoms with Crippen molar-refractivity contribution in [3.8, 4) is 11.5 Å². The predicted molar refractivity (Wildman–Crippen MR) is 119 cm³/mol. The second-order valence-electron chi connectivity index (χ2n) is 7.41. The number of rotatable bonds is 9. The second-order valence-corrected chi connectivity index (χ2v) is 10.4. The third-order valence-electron chi connectivity index (χ3n) is 5.00. The first-order valence-corrected chi connectivity index (χ1v) is 12.5. The molecule has 0 unspecified atom stereocenters. The molecule has 8 heteroatoms. The summed E-state index contributed by atoms with van der Waals surface area (Å²) in [7, 11) is -1.61. The van der Waals surface area contributed by atoms with Crippen molar-refractivity contribution >= 4 is 32.5 Å². The van der Waals surface area contributed by atoms with E-state index in [0.29, 0.717) is 35.5 Å². The van der Waals surface area contributed by atoms with Gasteiger partial charge in [0, 0.05) is 34.8 Å². The van der Waals surface area contributed by atoms with Crippen LogP contribution in [0, 0.1) is 5.92 Å². The molecule has 1 saturated carbocycles. The normalized spacial score (nSPS) is 13.8. The summed E-state index contributed by atoms with van der Waals surface area (Å²) in [6.45, 7) is 1.30. The molecule has 3 aromatic rings. The number of aromatic nitrogens is 1. The highest BCUT2D eigenvalue weighted by Crippen LogP contribution is 2.38. The van der Waals surface area contributed by atoms with Gasteiger partial charge in [0.25, 0.3) is 0 Å². The van der Waals surface area contributed by atoms with E-state index in [0.717, 1.165) is 16.3 Å². The van der Waals surface area contributed by atoms with Crippen LogP contribution in [0.4, 0.5) is 11.4 Å². The van der Waals surface area contributed by atoms with Crippen LogP contribution >= 0.6 is 11.3 Å². The molecule has 1 fully saturated rings. The van der Waals surface area contributed by atoms with Crippen LogP contribution in [0.15, 0.2) is 59.1 Å². The summed E-state index contributed by atoms with van der Waals surface area (Å²) in [4.78, 5) is 7.69. The van der Waals surface area contributed by atoms with Gasteiger partial charge < -0.3 is 14.4 Å². The maximum atomic E-state index is 11.8. The first-order chi connectivity index (χ1) is 14.4. The lowest BCUT2D eigenvalue weighted by Gasteiger charge is -2.25.